The molecular formula is C22H27N3O6S. The molecule has 0 spiro atoms. The van der Waals surface area contributed by atoms with Crippen molar-refractivity contribution in [3.05, 3.63) is 48.0 Å². The minimum Gasteiger partial charge on any atom is -0.492 e. The second-order valence-corrected chi connectivity index (χ2v) is 9.05. The van der Waals surface area contributed by atoms with Gasteiger partial charge in [0.15, 0.2) is 0 Å². The average molecular weight is 462 g/mol. The molecule has 3 rings (SSSR count). The predicted octanol–water partition coefficient (Wildman–Crippen LogP) is 2.71. The van der Waals surface area contributed by atoms with Crippen molar-refractivity contribution >= 4 is 33.3 Å². The van der Waals surface area contributed by atoms with E-state index in [-0.39, 0.29) is 22.8 Å². The van der Waals surface area contributed by atoms with Gasteiger partial charge in [-0.05, 0) is 50.1 Å². The van der Waals surface area contributed by atoms with Gasteiger partial charge in [0.1, 0.15) is 10.6 Å². The van der Waals surface area contributed by atoms with E-state index in [1.54, 1.807) is 43.3 Å². The molecule has 2 aromatic carbocycles. The maximum absolute atomic E-state index is 13.1. The summed E-state index contributed by atoms with van der Waals surface area (Å²) >= 11 is 0. The van der Waals surface area contributed by atoms with Gasteiger partial charge < -0.3 is 20.1 Å². The fraction of sp³-hybridized carbons (Fsp3) is 0.364. The van der Waals surface area contributed by atoms with Gasteiger partial charge in [0, 0.05) is 18.8 Å². The second kappa shape index (κ2) is 10.5. The molecule has 0 bridgehead atoms. The van der Waals surface area contributed by atoms with Crippen LogP contribution in [0.15, 0.2) is 47.4 Å². The molecule has 1 heterocycles. The number of ether oxygens (including phenoxy) is 2. The highest BCUT2D eigenvalue weighted by atomic mass is 32.2. The number of nitrogens with zero attached hydrogens (tertiary/aromatic N) is 1. The van der Waals surface area contributed by atoms with Gasteiger partial charge in [-0.25, -0.2) is 13.2 Å². The molecular weight excluding hydrogens is 434 g/mol. The van der Waals surface area contributed by atoms with Gasteiger partial charge in [0.2, 0.25) is 15.9 Å². The quantitative estimate of drug-likeness (QED) is 0.552. The van der Waals surface area contributed by atoms with Gasteiger partial charge >= 0.3 is 5.97 Å². The minimum absolute atomic E-state index is 0.0719. The van der Waals surface area contributed by atoms with Crippen molar-refractivity contribution in [2.24, 2.45) is 0 Å². The molecule has 1 aliphatic heterocycles. The van der Waals surface area contributed by atoms with Gasteiger partial charge in [-0.1, -0.05) is 12.1 Å². The van der Waals surface area contributed by atoms with Crippen molar-refractivity contribution in [2.45, 2.75) is 24.7 Å². The van der Waals surface area contributed by atoms with Crippen LogP contribution in [0.5, 0.6) is 5.75 Å². The molecule has 9 nitrogen and oxygen atoms in total. The summed E-state index contributed by atoms with van der Waals surface area (Å²) in [6.07, 6.45) is 1.66. The van der Waals surface area contributed by atoms with Crippen LogP contribution >= 0.6 is 0 Å². The Hall–Kier alpha value is -3.11. The van der Waals surface area contributed by atoms with E-state index in [1.807, 2.05) is 0 Å². The molecule has 2 aromatic rings. The molecule has 0 saturated carbocycles. The molecule has 172 valence electrons. The van der Waals surface area contributed by atoms with Crippen LogP contribution in [0.1, 0.15) is 30.1 Å². The number of para-hydroxylation sites is 1. The SMILES string of the molecule is CCOc1ccc(NCC(=O)Nc2ccccc2C(=O)OC)cc1S(=O)(=O)N1CCCC1. The molecule has 10 heteroatoms. The average Bonchev–Trinajstić information content (AvgIpc) is 3.34. The van der Waals surface area contributed by atoms with Crippen molar-refractivity contribution in [3.63, 3.8) is 0 Å². The number of hydrogen-bond donors (Lipinski definition) is 2. The summed E-state index contributed by atoms with van der Waals surface area (Å²) in [6, 6.07) is 11.2. The van der Waals surface area contributed by atoms with Crippen molar-refractivity contribution in [1.82, 2.24) is 4.31 Å². The van der Waals surface area contributed by atoms with E-state index in [4.69, 9.17) is 9.47 Å². The van der Waals surface area contributed by atoms with Crippen LogP contribution in [0.25, 0.3) is 0 Å². The Morgan fingerprint density at radius 1 is 1.09 bits per heavy atom. The summed E-state index contributed by atoms with van der Waals surface area (Å²) in [5, 5.41) is 5.60. The lowest BCUT2D eigenvalue weighted by Gasteiger charge is -2.19. The molecule has 2 N–H and O–H groups in total. The first-order chi connectivity index (χ1) is 15.4. The van der Waals surface area contributed by atoms with E-state index >= 15 is 0 Å². The summed E-state index contributed by atoms with van der Waals surface area (Å²) < 4.78 is 37.9. The molecule has 0 aromatic heterocycles. The number of carbonyl (C=O) groups excluding carboxylic acids is 2. The normalized spacial score (nSPS) is 14.1. The summed E-state index contributed by atoms with van der Waals surface area (Å²) in [5.74, 6) is -0.683. The zero-order valence-corrected chi connectivity index (χ0v) is 18.9. The number of amides is 1. The van der Waals surface area contributed by atoms with Crippen LogP contribution in [0.3, 0.4) is 0 Å². The van der Waals surface area contributed by atoms with Crippen LogP contribution in [0.4, 0.5) is 11.4 Å². The number of rotatable bonds is 9. The molecule has 1 amide bonds. The Kier molecular flexibility index (Phi) is 7.70. The minimum atomic E-state index is -3.70. The molecule has 0 aliphatic carbocycles. The highest BCUT2D eigenvalue weighted by Gasteiger charge is 2.30. The van der Waals surface area contributed by atoms with E-state index in [2.05, 4.69) is 10.6 Å². The molecule has 1 aliphatic rings. The number of methoxy groups -OCH3 is 1. The summed E-state index contributed by atoms with van der Waals surface area (Å²) in [7, 11) is -2.44. The topological polar surface area (TPSA) is 114 Å². The monoisotopic (exact) mass is 461 g/mol. The van der Waals surface area contributed by atoms with Crippen LogP contribution < -0.4 is 15.4 Å². The summed E-state index contributed by atoms with van der Waals surface area (Å²) in [6.45, 7) is 2.94. The van der Waals surface area contributed by atoms with Crippen molar-refractivity contribution in [3.8, 4) is 5.75 Å². The molecule has 1 saturated heterocycles. The lowest BCUT2D eigenvalue weighted by molar-refractivity contribution is -0.114. The number of nitrogens with one attached hydrogen (secondary N) is 2. The zero-order valence-electron chi connectivity index (χ0n) is 18.1. The lowest BCUT2D eigenvalue weighted by Crippen LogP contribution is -2.28. The Morgan fingerprint density at radius 2 is 1.81 bits per heavy atom. The third kappa shape index (κ3) is 5.38. The van der Waals surface area contributed by atoms with Gasteiger partial charge in [0.05, 0.1) is 31.5 Å². The third-order valence-electron chi connectivity index (χ3n) is 4.99. The second-order valence-electron chi connectivity index (χ2n) is 7.14. The highest BCUT2D eigenvalue weighted by Crippen LogP contribution is 2.31. The largest absolute Gasteiger partial charge is 0.492 e. The third-order valence-corrected chi connectivity index (χ3v) is 6.91. The fourth-order valence-electron chi connectivity index (χ4n) is 3.42. The zero-order chi connectivity index (χ0) is 23.1. The molecule has 1 fully saturated rings. The Morgan fingerprint density at radius 3 is 2.50 bits per heavy atom. The number of anilines is 2. The summed E-state index contributed by atoms with van der Waals surface area (Å²) in [4.78, 5) is 24.4. The Balaban J connectivity index is 1.74. The maximum Gasteiger partial charge on any atom is 0.339 e. The summed E-state index contributed by atoms with van der Waals surface area (Å²) in [5.41, 5.74) is 1.03. The van der Waals surface area contributed by atoms with Gasteiger partial charge in [-0.15, -0.1) is 0 Å². The van der Waals surface area contributed by atoms with E-state index in [1.165, 1.54) is 17.5 Å². The maximum atomic E-state index is 13.1. The first-order valence-corrected chi connectivity index (χ1v) is 11.8. The lowest BCUT2D eigenvalue weighted by atomic mass is 10.2. The van der Waals surface area contributed by atoms with E-state index < -0.39 is 21.9 Å². The van der Waals surface area contributed by atoms with Crippen molar-refractivity contribution in [2.75, 3.05) is 44.0 Å². The van der Waals surface area contributed by atoms with E-state index in [0.29, 0.717) is 31.1 Å². The number of benzene rings is 2. The Labute approximate surface area is 187 Å². The molecule has 32 heavy (non-hydrogen) atoms. The smallest absolute Gasteiger partial charge is 0.339 e. The van der Waals surface area contributed by atoms with E-state index in [0.717, 1.165) is 12.8 Å². The van der Waals surface area contributed by atoms with Crippen LogP contribution in [0.2, 0.25) is 0 Å². The number of esters is 1. The molecule has 0 atom stereocenters. The van der Waals surface area contributed by atoms with Crippen molar-refractivity contribution < 1.29 is 27.5 Å². The molecule has 0 unspecified atom stereocenters. The van der Waals surface area contributed by atoms with Gasteiger partial charge in [0.25, 0.3) is 0 Å². The van der Waals surface area contributed by atoms with Gasteiger partial charge in [-0.3, -0.25) is 4.79 Å². The van der Waals surface area contributed by atoms with Crippen LogP contribution in [-0.4, -0.2) is 58.0 Å². The standard InChI is InChI=1S/C22H27N3O6S/c1-3-31-19-11-10-16(14-20(19)32(28,29)25-12-6-7-13-25)23-15-21(26)24-18-9-5-4-8-17(18)22(27)30-2/h4-5,8-11,14,23H,3,6-7,12-13,15H2,1-2H3,(H,24,26). The van der Waals surface area contributed by atoms with Crippen LogP contribution in [0, 0.1) is 0 Å². The van der Waals surface area contributed by atoms with Crippen LogP contribution in [-0.2, 0) is 19.6 Å². The predicted molar refractivity (Wildman–Crippen MR) is 121 cm³/mol. The number of carbonyl (C=O) groups is 2. The van der Waals surface area contributed by atoms with E-state index in [9.17, 15) is 18.0 Å². The number of hydrogen-bond acceptors (Lipinski definition) is 7. The first kappa shape index (κ1) is 23.6. The fourth-order valence-corrected chi connectivity index (χ4v) is 5.09. The number of sulfonamides is 1. The van der Waals surface area contributed by atoms with Gasteiger partial charge in [-0.2, -0.15) is 4.31 Å². The highest BCUT2D eigenvalue weighted by molar-refractivity contribution is 7.89. The van der Waals surface area contributed by atoms with Crippen molar-refractivity contribution in [1.29, 1.82) is 0 Å². The molecule has 0 radical (unpaired) electrons. The Bertz CT molecular complexity index is 1080. The first-order valence-electron chi connectivity index (χ1n) is 10.3.